The number of hydrogen-bond donors (Lipinski definition) is 1. The third kappa shape index (κ3) is 3.88. The van der Waals surface area contributed by atoms with Crippen molar-refractivity contribution < 1.29 is 22.7 Å². The van der Waals surface area contributed by atoms with Crippen molar-refractivity contribution in [1.29, 1.82) is 0 Å². The molecule has 2 aromatic rings. The number of halogens is 3. The summed E-state index contributed by atoms with van der Waals surface area (Å²) in [7, 11) is 0. The van der Waals surface area contributed by atoms with Gasteiger partial charge in [0.2, 0.25) is 0 Å². The van der Waals surface area contributed by atoms with E-state index >= 15 is 0 Å². The van der Waals surface area contributed by atoms with E-state index in [0.29, 0.717) is 13.1 Å². The van der Waals surface area contributed by atoms with Crippen LogP contribution in [0.3, 0.4) is 0 Å². The predicted octanol–water partition coefficient (Wildman–Crippen LogP) is 4.52. The van der Waals surface area contributed by atoms with Gasteiger partial charge < -0.3 is 14.6 Å². The van der Waals surface area contributed by atoms with Crippen LogP contribution in [0.2, 0.25) is 0 Å². The van der Waals surface area contributed by atoms with E-state index in [1.807, 2.05) is 0 Å². The average molecular weight is 399 g/mol. The lowest BCUT2D eigenvalue weighted by atomic mass is 9.93. The molecular formula is C19H24F3N3O3. The molecule has 3 rings (SSSR count). The maximum atomic E-state index is 13.6. The van der Waals surface area contributed by atoms with Gasteiger partial charge in [0, 0.05) is 18.5 Å². The van der Waals surface area contributed by atoms with Crippen LogP contribution in [-0.2, 0) is 10.9 Å². The van der Waals surface area contributed by atoms with E-state index in [-0.39, 0.29) is 11.0 Å². The molecule has 1 N–H and O–H groups in total. The molecule has 1 aromatic carbocycles. The first-order valence-corrected chi connectivity index (χ1v) is 9.26. The number of benzene rings is 1. The van der Waals surface area contributed by atoms with Crippen LogP contribution < -0.4 is 5.69 Å². The SMILES string of the molecule is CC(C)(C)C(OC(=O)N1CCCCC1)n1c(=O)[nH]c2cccc(C(F)(F)F)c21. The molecule has 1 atom stereocenters. The highest BCUT2D eigenvalue weighted by Crippen LogP contribution is 2.38. The fourth-order valence-corrected chi connectivity index (χ4v) is 3.50. The van der Waals surface area contributed by atoms with Gasteiger partial charge in [-0.05, 0) is 31.4 Å². The summed E-state index contributed by atoms with van der Waals surface area (Å²) in [6.07, 6.45) is -3.77. The summed E-state index contributed by atoms with van der Waals surface area (Å²) < 4.78 is 47.3. The highest BCUT2D eigenvalue weighted by Gasteiger charge is 2.39. The molecule has 1 unspecified atom stereocenters. The lowest BCUT2D eigenvalue weighted by Crippen LogP contribution is -2.41. The van der Waals surface area contributed by atoms with Gasteiger partial charge in [0.05, 0.1) is 16.6 Å². The van der Waals surface area contributed by atoms with Crippen LogP contribution in [0.15, 0.2) is 23.0 Å². The number of nitrogens with zero attached hydrogens (tertiary/aromatic N) is 2. The van der Waals surface area contributed by atoms with E-state index in [4.69, 9.17) is 4.74 Å². The summed E-state index contributed by atoms with van der Waals surface area (Å²) in [5.74, 6) is 0. The van der Waals surface area contributed by atoms with Gasteiger partial charge in [-0.1, -0.05) is 26.8 Å². The van der Waals surface area contributed by atoms with Gasteiger partial charge in [-0.25, -0.2) is 9.59 Å². The number of carbonyl (C=O) groups excluding carboxylic acids is 1. The van der Waals surface area contributed by atoms with E-state index < -0.39 is 35.2 Å². The van der Waals surface area contributed by atoms with Crippen molar-refractivity contribution in [2.24, 2.45) is 5.41 Å². The molecule has 9 heteroatoms. The number of fused-ring (bicyclic) bond motifs is 1. The predicted molar refractivity (Wildman–Crippen MR) is 98.0 cm³/mol. The molecule has 1 aliphatic heterocycles. The van der Waals surface area contributed by atoms with Crippen LogP contribution in [-0.4, -0.2) is 33.6 Å². The molecular weight excluding hydrogens is 375 g/mol. The van der Waals surface area contributed by atoms with Crippen molar-refractivity contribution in [3.05, 3.63) is 34.2 Å². The molecule has 28 heavy (non-hydrogen) atoms. The number of aromatic nitrogens is 2. The van der Waals surface area contributed by atoms with Crippen LogP contribution in [0.5, 0.6) is 0 Å². The van der Waals surface area contributed by atoms with Gasteiger partial charge in [-0.15, -0.1) is 0 Å². The number of H-pyrrole nitrogens is 1. The fourth-order valence-electron chi connectivity index (χ4n) is 3.50. The third-order valence-corrected chi connectivity index (χ3v) is 4.84. The summed E-state index contributed by atoms with van der Waals surface area (Å²) in [5.41, 5.74) is -2.79. The second kappa shape index (κ2) is 7.18. The van der Waals surface area contributed by atoms with Gasteiger partial charge in [-0.3, -0.25) is 4.57 Å². The summed E-state index contributed by atoms with van der Waals surface area (Å²) >= 11 is 0. The molecule has 1 aromatic heterocycles. The second-order valence-corrected chi connectivity index (χ2v) is 8.15. The van der Waals surface area contributed by atoms with Crippen molar-refractivity contribution in [2.45, 2.75) is 52.4 Å². The first kappa shape index (κ1) is 20.3. The van der Waals surface area contributed by atoms with E-state index in [0.717, 1.165) is 29.9 Å². The molecule has 0 spiro atoms. The van der Waals surface area contributed by atoms with E-state index in [9.17, 15) is 22.8 Å². The topological polar surface area (TPSA) is 67.3 Å². The van der Waals surface area contributed by atoms with Crippen molar-refractivity contribution in [2.75, 3.05) is 13.1 Å². The highest BCUT2D eigenvalue weighted by molar-refractivity contribution is 5.80. The molecule has 2 heterocycles. The number of piperidine rings is 1. The Bertz CT molecular complexity index is 918. The second-order valence-electron chi connectivity index (χ2n) is 8.15. The van der Waals surface area contributed by atoms with Crippen molar-refractivity contribution >= 4 is 17.1 Å². The van der Waals surface area contributed by atoms with Crippen molar-refractivity contribution in [1.82, 2.24) is 14.5 Å². The Morgan fingerprint density at radius 2 is 1.79 bits per heavy atom. The Hall–Kier alpha value is -2.45. The zero-order chi connectivity index (χ0) is 20.7. The molecule has 154 valence electrons. The summed E-state index contributed by atoms with van der Waals surface area (Å²) in [4.78, 5) is 29.2. The number of para-hydroxylation sites is 1. The Morgan fingerprint density at radius 1 is 1.14 bits per heavy atom. The van der Waals surface area contributed by atoms with Gasteiger partial charge in [0.25, 0.3) is 0 Å². The normalized spacial score (nSPS) is 17.0. The molecule has 0 aliphatic carbocycles. The van der Waals surface area contributed by atoms with Crippen molar-refractivity contribution in [3.63, 3.8) is 0 Å². The van der Waals surface area contributed by atoms with Crippen LogP contribution in [0.4, 0.5) is 18.0 Å². The molecule has 6 nitrogen and oxygen atoms in total. The molecule has 0 bridgehead atoms. The smallest absolute Gasteiger partial charge is 0.418 e. The number of hydrogen-bond acceptors (Lipinski definition) is 3. The number of ether oxygens (including phenoxy) is 1. The maximum absolute atomic E-state index is 13.6. The summed E-state index contributed by atoms with van der Waals surface area (Å²) in [6, 6.07) is 3.55. The van der Waals surface area contributed by atoms with Crippen LogP contribution in [0.1, 0.15) is 51.8 Å². The van der Waals surface area contributed by atoms with Crippen LogP contribution in [0.25, 0.3) is 11.0 Å². The number of rotatable bonds is 2. The maximum Gasteiger partial charge on any atom is 0.418 e. The Balaban J connectivity index is 2.11. The Morgan fingerprint density at radius 3 is 2.36 bits per heavy atom. The zero-order valence-electron chi connectivity index (χ0n) is 16.1. The van der Waals surface area contributed by atoms with Gasteiger partial charge in [-0.2, -0.15) is 13.2 Å². The largest absolute Gasteiger partial charge is 0.424 e. The zero-order valence-corrected chi connectivity index (χ0v) is 16.1. The quantitative estimate of drug-likeness (QED) is 0.808. The van der Waals surface area contributed by atoms with Crippen LogP contribution >= 0.6 is 0 Å². The van der Waals surface area contributed by atoms with E-state index in [2.05, 4.69) is 4.98 Å². The van der Waals surface area contributed by atoms with Gasteiger partial charge in [0.15, 0.2) is 6.23 Å². The van der Waals surface area contributed by atoms with Crippen LogP contribution in [0, 0.1) is 5.41 Å². The highest BCUT2D eigenvalue weighted by atomic mass is 19.4. The Kier molecular flexibility index (Phi) is 5.20. The van der Waals surface area contributed by atoms with E-state index in [1.54, 1.807) is 20.8 Å². The first-order chi connectivity index (χ1) is 13.0. The van der Waals surface area contributed by atoms with E-state index in [1.165, 1.54) is 17.0 Å². The van der Waals surface area contributed by atoms with Crippen molar-refractivity contribution in [3.8, 4) is 0 Å². The number of imidazole rings is 1. The minimum absolute atomic E-state index is 0.0445. The summed E-state index contributed by atoms with van der Waals surface area (Å²) in [6.45, 7) is 6.20. The van der Waals surface area contributed by atoms with Gasteiger partial charge in [0.1, 0.15) is 0 Å². The number of carbonyl (C=O) groups is 1. The standard InChI is InChI=1S/C19H24F3N3O3/c1-18(2,3)15(28-17(27)24-10-5-4-6-11-24)25-14-12(19(20,21)22)8-7-9-13(14)23-16(25)26/h7-9,15H,4-6,10-11H2,1-3H3,(H,23,26). The minimum atomic E-state index is -4.66. The molecule has 0 saturated carbocycles. The number of nitrogens with one attached hydrogen (secondary N) is 1. The minimum Gasteiger partial charge on any atom is -0.424 e. The number of alkyl halides is 3. The third-order valence-electron chi connectivity index (χ3n) is 4.84. The lowest BCUT2D eigenvalue weighted by Gasteiger charge is -2.34. The van der Waals surface area contributed by atoms with Gasteiger partial charge >= 0.3 is 18.0 Å². The molecule has 0 radical (unpaired) electrons. The lowest BCUT2D eigenvalue weighted by molar-refractivity contribution is -0.136. The molecule has 1 fully saturated rings. The molecule has 1 saturated heterocycles. The number of aromatic amines is 1. The molecule has 1 amide bonds. The number of likely N-dealkylation sites (tertiary alicyclic amines) is 1. The first-order valence-electron chi connectivity index (χ1n) is 9.26. The number of amides is 1. The summed E-state index contributed by atoms with van der Waals surface area (Å²) in [5, 5.41) is 0. The average Bonchev–Trinajstić information content (AvgIpc) is 2.93. The fraction of sp³-hybridized carbons (Fsp3) is 0.579. The molecule has 1 aliphatic rings. The monoisotopic (exact) mass is 399 g/mol. The Labute approximate surface area is 160 Å².